The lowest BCUT2D eigenvalue weighted by molar-refractivity contribution is -0.138. The van der Waals surface area contributed by atoms with Gasteiger partial charge in [0, 0.05) is 10.8 Å². The highest BCUT2D eigenvalue weighted by Crippen LogP contribution is 2.37. The second-order valence-electron chi connectivity index (χ2n) is 4.80. The van der Waals surface area contributed by atoms with Crippen LogP contribution in [0, 0.1) is 13.8 Å². The number of anilines is 1. The first-order valence-corrected chi connectivity index (χ1v) is 6.92. The van der Waals surface area contributed by atoms with Crippen molar-refractivity contribution < 1.29 is 13.2 Å². The van der Waals surface area contributed by atoms with Crippen LogP contribution in [-0.2, 0) is 6.18 Å². The molecule has 1 atom stereocenters. The Balaban J connectivity index is 2.46. The molecule has 6 heteroatoms. The van der Waals surface area contributed by atoms with Crippen molar-refractivity contribution in [2.75, 3.05) is 5.73 Å². The molecule has 0 saturated carbocycles. The normalized spacial score (nSPS) is 13.5. The number of nitrogens with zero attached hydrogens (tertiary/aromatic N) is 1. The molecule has 2 rings (SSSR count). The van der Waals surface area contributed by atoms with Crippen LogP contribution in [0.1, 0.15) is 40.1 Å². The zero-order chi connectivity index (χ0) is 15.1. The number of aryl methyl sites for hydroxylation is 2. The smallest absolute Gasteiger partial charge is 0.375 e. The largest absolute Gasteiger partial charge is 0.416 e. The Labute approximate surface area is 119 Å². The minimum atomic E-state index is -4.33. The Morgan fingerprint density at radius 1 is 1.25 bits per heavy atom. The summed E-state index contributed by atoms with van der Waals surface area (Å²) in [6.07, 6.45) is -4.33. The van der Waals surface area contributed by atoms with E-state index in [-0.39, 0.29) is 11.5 Å². The Bertz CT molecular complexity index is 632. The number of thiazole rings is 1. The van der Waals surface area contributed by atoms with E-state index in [9.17, 15) is 13.2 Å². The molecular formula is C14H15F3N2S. The van der Waals surface area contributed by atoms with Crippen LogP contribution in [-0.4, -0.2) is 4.98 Å². The van der Waals surface area contributed by atoms with E-state index in [0.717, 1.165) is 10.6 Å². The van der Waals surface area contributed by atoms with Crippen LogP contribution in [0.2, 0.25) is 0 Å². The molecule has 0 saturated heterocycles. The fourth-order valence-electron chi connectivity index (χ4n) is 2.20. The monoisotopic (exact) mass is 300 g/mol. The average Bonchev–Trinajstić information content (AvgIpc) is 2.66. The summed E-state index contributed by atoms with van der Waals surface area (Å²) >= 11 is 1.32. The first kappa shape index (κ1) is 14.8. The van der Waals surface area contributed by atoms with E-state index in [1.165, 1.54) is 30.4 Å². The summed E-state index contributed by atoms with van der Waals surface area (Å²) in [7, 11) is 0. The molecule has 0 aliphatic rings. The Hall–Kier alpha value is -1.56. The van der Waals surface area contributed by atoms with Gasteiger partial charge in [-0.15, -0.1) is 11.3 Å². The molecule has 20 heavy (non-hydrogen) atoms. The summed E-state index contributed by atoms with van der Waals surface area (Å²) < 4.78 is 38.8. The number of hydrogen-bond donors (Lipinski definition) is 1. The third-order valence-electron chi connectivity index (χ3n) is 3.31. The lowest BCUT2D eigenvalue weighted by Gasteiger charge is -2.16. The third kappa shape index (κ3) is 2.80. The van der Waals surface area contributed by atoms with Crippen LogP contribution in [0.5, 0.6) is 0 Å². The van der Waals surface area contributed by atoms with Crippen LogP contribution in [0.15, 0.2) is 18.2 Å². The molecule has 0 aliphatic heterocycles. The number of rotatable bonds is 2. The number of halogens is 3. The number of hydrogen-bond acceptors (Lipinski definition) is 3. The van der Waals surface area contributed by atoms with Crippen molar-refractivity contribution in [3.05, 3.63) is 45.5 Å². The van der Waals surface area contributed by atoms with Gasteiger partial charge in [0.25, 0.3) is 0 Å². The van der Waals surface area contributed by atoms with Gasteiger partial charge in [-0.25, -0.2) is 4.98 Å². The van der Waals surface area contributed by atoms with Gasteiger partial charge >= 0.3 is 6.18 Å². The summed E-state index contributed by atoms with van der Waals surface area (Å²) in [5.41, 5.74) is 6.68. The summed E-state index contributed by atoms with van der Waals surface area (Å²) in [4.78, 5) is 5.02. The predicted molar refractivity (Wildman–Crippen MR) is 75.0 cm³/mol. The zero-order valence-corrected chi connectivity index (χ0v) is 12.2. The molecule has 0 amide bonds. The lowest BCUT2D eigenvalue weighted by atomic mass is 9.94. The van der Waals surface area contributed by atoms with Crippen molar-refractivity contribution in [3.8, 4) is 0 Å². The third-order valence-corrected chi connectivity index (χ3v) is 4.48. The maximum Gasteiger partial charge on any atom is 0.416 e. The zero-order valence-electron chi connectivity index (χ0n) is 11.4. The van der Waals surface area contributed by atoms with Crippen molar-refractivity contribution >= 4 is 16.5 Å². The molecule has 108 valence electrons. The first-order chi connectivity index (χ1) is 9.20. The van der Waals surface area contributed by atoms with E-state index in [2.05, 4.69) is 4.98 Å². The molecule has 0 fully saturated rings. The van der Waals surface area contributed by atoms with Gasteiger partial charge in [-0.05, 0) is 31.0 Å². The minimum Gasteiger partial charge on any atom is -0.375 e. The number of nitrogen functional groups attached to an aromatic ring is 1. The molecule has 0 spiro atoms. The summed E-state index contributed by atoms with van der Waals surface area (Å²) in [6, 6.07) is 4.45. The van der Waals surface area contributed by atoms with Gasteiger partial charge in [0.15, 0.2) is 5.13 Å². The fraction of sp³-hybridized carbons (Fsp3) is 0.357. The number of nitrogens with two attached hydrogens (primary N) is 1. The molecule has 0 aliphatic carbocycles. The topological polar surface area (TPSA) is 38.9 Å². The van der Waals surface area contributed by atoms with Crippen molar-refractivity contribution in [2.45, 2.75) is 32.9 Å². The highest BCUT2D eigenvalue weighted by molar-refractivity contribution is 7.15. The quantitative estimate of drug-likeness (QED) is 0.886. The molecule has 1 aromatic carbocycles. The Morgan fingerprint density at radius 3 is 2.40 bits per heavy atom. The summed E-state index contributed by atoms with van der Waals surface area (Å²) in [5.74, 6) is -0.161. The van der Waals surface area contributed by atoms with Gasteiger partial charge in [0.05, 0.1) is 11.3 Å². The molecule has 2 N–H and O–H groups in total. The van der Waals surface area contributed by atoms with Crippen LogP contribution >= 0.6 is 11.3 Å². The molecule has 1 heterocycles. The number of aromatic nitrogens is 1. The van der Waals surface area contributed by atoms with Gasteiger partial charge in [-0.2, -0.15) is 13.2 Å². The van der Waals surface area contributed by atoms with Gasteiger partial charge in [0.1, 0.15) is 0 Å². The highest BCUT2D eigenvalue weighted by atomic mass is 32.1. The van der Waals surface area contributed by atoms with Crippen LogP contribution in [0.3, 0.4) is 0 Å². The predicted octanol–water partition coefficient (Wildman–Crippen LogP) is 4.51. The Morgan fingerprint density at radius 2 is 1.90 bits per heavy atom. The molecule has 2 nitrogen and oxygen atoms in total. The minimum absolute atomic E-state index is 0.161. The highest BCUT2D eigenvalue weighted by Gasteiger charge is 2.33. The number of alkyl halides is 3. The summed E-state index contributed by atoms with van der Waals surface area (Å²) in [5, 5.41) is 0.438. The standard InChI is InChI=1S/C14H15F3N2S/c1-7-4-5-10(6-11(7)14(15,16)17)8(2)12-9(3)19-13(18)20-12/h4-6,8H,1-3H3,(H2,18,19). The second kappa shape index (κ2) is 5.09. The Kier molecular flexibility index (Phi) is 3.77. The first-order valence-electron chi connectivity index (χ1n) is 6.10. The molecule has 0 bridgehead atoms. The maximum atomic E-state index is 12.9. The molecule has 1 aromatic heterocycles. The van der Waals surface area contributed by atoms with Crippen molar-refractivity contribution in [3.63, 3.8) is 0 Å². The molecule has 2 aromatic rings. The summed E-state index contributed by atoms with van der Waals surface area (Å²) in [6.45, 7) is 5.15. The lowest BCUT2D eigenvalue weighted by Crippen LogP contribution is -2.09. The fourth-order valence-corrected chi connectivity index (χ4v) is 3.11. The van der Waals surface area contributed by atoms with Crippen molar-refractivity contribution in [1.82, 2.24) is 4.98 Å². The van der Waals surface area contributed by atoms with Crippen LogP contribution in [0.25, 0.3) is 0 Å². The van der Waals surface area contributed by atoms with Crippen molar-refractivity contribution in [2.24, 2.45) is 0 Å². The van der Waals surface area contributed by atoms with Gasteiger partial charge in [-0.3, -0.25) is 0 Å². The number of benzene rings is 1. The van der Waals surface area contributed by atoms with E-state index in [1.807, 2.05) is 13.8 Å². The van der Waals surface area contributed by atoms with E-state index >= 15 is 0 Å². The SMILES string of the molecule is Cc1ccc(C(C)c2sc(N)nc2C)cc1C(F)(F)F. The van der Waals surface area contributed by atoms with E-state index in [1.54, 1.807) is 6.07 Å². The van der Waals surface area contributed by atoms with Crippen LogP contribution < -0.4 is 5.73 Å². The van der Waals surface area contributed by atoms with Gasteiger partial charge in [0.2, 0.25) is 0 Å². The van der Waals surface area contributed by atoms with E-state index < -0.39 is 11.7 Å². The second-order valence-corrected chi connectivity index (χ2v) is 5.86. The average molecular weight is 300 g/mol. The van der Waals surface area contributed by atoms with E-state index in [4.69, 9.17) is 5.73 Å². The van der Waals surface area contributed by atoms with Gasteiger partial charge in [-0.1, -0.05) is 19.1 Å². The molecular weight excluding hydrogens is 285 g/mol. The van der Waals surface area contributed by atoms with E-state index in [0.29, 0.717) is 10.7 Å². The maximum absolute atomic E-state index is 12.9. The van der Waals surface area contributed by atoms with Crippen molar-refractivity contribution in [1.29, 1.82) is 0 Å². The van der Waals surface area contributed by atoms with Gasteiger partial charge < -0.3 is 5.73 Å². The van der Waals surface area contributed by atoms with Crippen LogP contribution in [0.4, 0.5) is 18.3 Å². The molecule has 0 radical (unpaired) electrons. The molecule has 1 unspecified atom stereocenters.